The maximum atomic E-state index is 13.2. The summed E-state index contributed by atoms with van der Waals surface area (Å²) in [4.78, 5) is 22.9. The number of ether oxygens (including phenoxy) is 1. The number of aromatic amines is 1. The Morgan fingerprint density at radius 1 is 1.37 bits per heavy atom. The summed E-state index contributed by atoms with van der Waals surface area (Å²) in [6.07, 6.45) is 0. The molecule has 1 heterocycles. The van der Waals surface area contributed by atoms with Crippen molar-refractivity contribution >= 4 is 5.97 Å². The first-order valence-corrected chi connectivity index (χ1v) is 5.47. The van der Waals surface area contributed by atoms with Crippen molar-refractivity contribution in [2.24, 2.45) is 0 Å². The standard InChI is InChI=1S/C13H11FN2O3/c1-7-5-8(3-4-10(7)14)11-6-9(13(18)19-2)12(17)16-15-11/h3-6H,1-2H3,(H,16,17). The van der Waals surface area contributed by atoms with Gasteiger partial charge in [0.15, 0.2) is 0 Å². The van der Waals surface area contributed by atoms with E-state index in [-0.39, 0.29) is 11.4 Å². The topological polar surface area (TPSA) is 72.0 Å². The highest BCUT2D eigenvalue weighted by atomic mass is 19.1. The van der Waals surface area contributed by atoms with Crippen LogP contribution in [0.25, 0.3) is 11.3 Å². The molecular formula is C13H11FN2O3. The Labute approximate surface area is 108 Å². The zero-order valence-electron chi connectivity index (χ0n) is 10.4. The Hall–Kier alpha value is -2.50. The Morgan fingerprint density at radius 3 is 2.74 bits per heavy atom. The van der Waals surface area contributed by atoms with Gasteiger partial charge in [-0.3, -0.25) is 4.79 Å². The van der Waals surface area contributed by atoms with Gasteiger partial charge in [-0.25, -0.2) is 14.3 Å². The Balaban J connectivity index is 2.54. The van der Waals surface area contributed by atoms with Gasteiger partial charge in [-0.2, -0.15) is 5.10 Å². The highest BCUT2D eigenvalue weighted by Crippen LogP contribution is 2.19. The highest BCUT2D eigenvalue weighted by Gasteiger charge is 2.13. The van der Waals surface area contributed by atoms with E-state index in [2.05, 4.69) is 14.9 Å². The fourth-order valence-corrected chi connectivity index (χ4v) is 1.62. The molecule has 0 bridgehead atoms. The van der Waals surface area contributed by atoms with Gasteiger partial charge in [0, 0.05) is 5.56 Å². The number of esters is 1. The number of nitrogens with zero attached hydrogens (tertiary/aromatic N) is 1. The quantitative estimate of drug-likeness (QED) is 0.836. The number of aromatic nitrogens is 2. The number of halogens is 1. The summed E-state index contributed by atoms with van der Waals surface area (Å²) in [5, 5.41) is 6.05. The third-order valence-electron chi connectivity index (χ3n) is 2.66. The van der Waals surface area contributed by atoms with Crippen LogP contribution in [0.15, 0.2) is 29.1 Å². The molecule has 98 valence electrons. The minimum absolute atomic E-state index is 0.144. The van der Waals surface area contributed by atoms with Crippen LogP contribution in [0.5, 0.6) is 0 Å². The van der Waals surface area contributed by atoms with Crippen molar-refractivity contribution in [2.75, 3.05) is 7.11 Å². The molecule has 0 radical (unpaired) electrons. The Morgan fingerprint density at radius 2 is 2.11 bits per heavy atom. The van der Waals surface area contributed by atoms with E-state index in [0.717, 1.165) is 0 Å². The van der Waals surface area contributed by atoms with Gasteiger partial charge in [-0.05, 0) is 36.8 Å². The number of aryl methyl sites for hydroxylation is 1. The SMILES string of the molecule is COC(=O)c1cc(-c2ccc(F)c(C)c2)n[nH]c1=O. The third kappa shape index (κ3) is 2.52. The predicted molar refractivity (Wildman–Crippen MR) is 66.3 cm³/mol. The Kier molecular flexibility index (Phi) is 3.41. The van der Waals surface area contributed by atoms with E-state index in [1.54, 1.807) is 13.0 Å². The molecule has 0 amide bonds. The van der Waals surface area contributed by atoms with Gasteiger partial charge in [0.05, 0.1) is 12.8 Å². The van der Waals surface area contributed by atoms with Gasteiger partial charge in [0.25, 0.3) is 5.56 Å². The molecule has 0 unspecified atom stereocenters. The van der Waals surface area contributed by atoms with Crippen molar-refractivity contribution in [1.82, 2.24) is 10.2 Å². The summed E-state index contributed by atoms with van der Waals surface area (Å²) in [5.41, 5.74) is 0.637. The molecule has 6 heteroatoms. The molecule has 5 nitrogen and oxygen atoms in total. The van der Waals surface area contributed by atoms with Gasteiger partial charge >= 0.3 is 5.97 Å². The molecule has 1 aromatic heterocycles. The smallest absolute Gasteiger partial charge is 0.343 e. The summed E-state index contributed by atoms with van der Waals surface area (Å²) in [7, 11) is 1.18. The molecule has 0 spiro atoms. The van der Waals surface area contributed by atoms with Crippen LogP contribution in [0.1, 0.15) is 15.9 Å². The van der Waals surface area contributed by atoms with Gasteiger partial charge < -0.3 is 4.74 Å². The lowest BCUT2D eigenvalue weighted by Crippen LogP contribution is -2.20. The van der Waals surface area contributed by atoms with Crippen LogP contribution in [0.3, 0.4) is 0 Å². The number of methoxy groups -OCH3 is 1. The summed E-state index contributed by atoms with van der Waals surface area (Å²) < 4.78 is 17.7. The number of carbonyl (C=O) groups excluding carboxylic acids is 1. The van der Waals surface area contributed by atoms with Crippen molar-refractivity contribution in [2.45, 2.75) is 6.92 Å². The number of benzene rings is 1. The molecule has 0 saturated carbocycles. The van der Waals surface area contributed by atoms with Crippen molar-refractivity contribution in [1.29, 1.82) is 0 Å². The lowest BCUT2D eigenvalue weighted by atomic mass is 10.1. The third-order valence-corrected chi connectivity index (χ3v) is 2.66. The molecule has 0 fully saturated rings. The van der Waals surface area contributed by atoms with E-state index in [4.69, 9.17) is 0 Å². The molecule has 1 N–H and O–H groups in total. The molecule has 2 rings (SSSR count). The Bertz CT molecular complexity index is 695. The summed E-state index contributed by atoms with van der Waals surface area (Å²) in [6, 6.07) is 5.72. The van der Waals surface area contributed by atoms with Crippen molar-refractivity contribution in [3.63, 3.8) is 0 Å². The van der Waals surface area contributed by atoms with Crippen molar-refractivity contribution < 1.29 is 13.9 Å². The van der Waals surface area contributed by atoms with Crippen LogP contribution in [0.2, 0.25) is 0 Å². The molecular weight excluding hydrogens is 251 g/mol. The van der Waals surface area contributed by atoms with Gasteiger partial charge in [0.1, 0.15) is 11.4 Å². The largest absolute Gasteiger partial charge is 0.465 e. The molecule has 0 saturated heterocycles. The van der Waals surface area contributed by atoms with Crippen LogP contribution < -0.4 is 5.56 Å². The monoisotopic (exact) mass is 262 g/mol. The van der Waals surface area contributed by atoms with Crippen LogP contribution in [0.4, 0.5) is 4.39 Å². The second-order valence-electron chi connectivity index (χ2n) is 3.95. The number of hydrogen-bond donors (Lipinski definition) is 1. The van der Waals surface area contributed by atoms with Crippen LogP contribution in [0, 0.1) is 12.7 Å². The number of carbonyl (C=O) groups is 1. The normalized spacial score (nSPS) is 10.3. The second kappa shape index (κ2) is 5.01. The van der Waals surface area contributed by atoms with Crippen molar-refractivity contribution in [3.05, 3.63) is 51.6 Å². The highest BCUT2D eigenvalue weighted by molar-refractivity contribution is 5.89. The average molecular weight is 262 g/mol. The zero-order valence-corrected chi connectivity index (χ0v) is 10.4. The number of hydrogen-bond acceptors (Lipinski definition) is 4. The molecule has 19 heavy (non-hydrogen) atoms. The number of nitrogens with one attached hydrogen (secondary N) is 1. The molecule has 0 aliphatic rings. The first kappa shape index (κ1) is 12.9. The second-order valence-corrected chi connectivity index (χ2v) is 3.95. The van der Waals surface area contributed by atoms with Crippen LogP contribution in [-0.2, 0) is 4.74 Å². The van der Waals surface area contributed by atoms with Gasteiger partial charge in [-0.1, -0.05) is 0 Å². The fourth-order valence-electron chi connectivity index (χ4n) is 1.62. The van der Waals surface area contributed by atoms with E-state index >= 15 is 0 Å². The molecule has 1 aromatic carbocycles. The van der Waals surface area contributed by atoms with E-state index in [9.17, 15) is 14.0 Å². The summed E-state index contributed by atoms with van der Waals surface area (Å²) >= 11 is 0. The lowest BCUT2D eigenvalue weighted by molar-refractivity contribution is 0.0598. The van der Waals surface area contributed by atoms with E-state index in [1.165, 1.54) is 25.3 Å². The zero-order chi connectivity index (χ0) is 14.0. The van der Waals surface area contributed by atoms with Crippen LogP contribution in [-0.4, -0.2) is 23.3 Å². The molecule has 0 atom stereocenters. The van der Waals surface area contributed by atoms with E-state index < -0.39 is 11.5 Å². The number of rotatable bonds is 2. The number of H-pyrrole nitrogens is 1. The van der Waals surface area contributed by atoms with Gasteiger partial charge in [-0.15, -0.1) is 0 Å². The fraction of sp³-hybridized carbons (Fsp3) is 0.154. The maximum Gasteiger partial charge on any atom is 0.343 e. The first-order chi connectivity index (χ1) is 9.02. The van der Waals surface area contributed by atoms with E-state index in [1.807, 2.05) is 0 Å². The maximum absolute atomic E-state index is 13.2. The predicted octanol–water partition coefficient (Wildman–Crippen LogP) is 1.67. The van der Waals surface area contributed by atoms with Crippen LogP contribution >= 0.6 is 0 Å². The molecule has 2 aromatic rings. The molecule has 0 aliphatic carbocycles. The first-order valence-electron chi connectivity index (χ1n) is 5.47. The minimum Gasteiger partial charge on any atom is -0.465 e. The van der Waals surface area contributed by atoms with Crippen molar-refractivity contribution in [3.8, 4) is 11.3 Å². The minimum atomic E-state index is -0.747. The summed E-state index contributed by atoms with van der Waals surface area (Å²) in [5.74, 6) is -1.08. The van der Waals surface area contributed by atoms with Gasteiger partial charge in [0.2, 0.25) is 0 Å². The lowest BCUT2D eigenvalue weighted by Gasteiger charge is -2.04. The molecule has 0 aliphatic heterocycles. The van der Waals surface area contributed by atoms with E-state index in [0.29, 0.717) is 16.8 Å². The average Bonchev–Trinajstić information content (AvgIpc) is 2.41. The summed E-state index contributed by atoms with van der Waals surface area (Å²) in [6.45, 7) is 1.62.